The number of carbonyl (C=O) groups excluding carboxylic acids is 1. The average molecular weight is 558 g/mol. The highest BCUT2D eigenvalue weighted by atomic mass is 32.2. The molecule has 0 N–H and O–H groups in total. The number of aldehydes is 1. The van der Waals surface area contributed by atoms with Crippen molar-refractivity contribution < 1.29 is 13.2 Å². The van der Waals surface area contributed by atoms with E-state index in [4.69, 9.17) is 0 Å². The lowest BCUT2D eigenvalue weighted by Gasteiger charge is -2.27. The predicted octanol–water partition coefficient (Wildman–Crippen LogP) is 6.67. The molecule has 1 radical (unpaired) electrons. The first-order valence-corrected chi connectivity index (χ1v) is 15.8. The number of benzene rings is 1. The van der Waals surface area contributed by atoms with Crippen LogP contribution in [-0.4, -0.2) is 30.5 Å². The van der Waals surface area contributed by atoms with Crippen LogP contribution in [-0.2, 0) is 34.5 Å². The summed E-state index contributed by atoms with van der Waals surface area (Å²) < 4.78 is 28.5. The minimum absolute atomic E-state index is 0.328. The fourth-order valence-corrected chi connectivity index (χ4v) is 7.98. The Bertz CT molecular complexity index is 1220. The highest BCUT2D eigenvalue weighted by molar-refractivity contribution is 7.91. The molecule has 0 unspecified atom stereocenters. The summed E-state index contributed by atoms with van der Waals surface area (Å²) in [4.78, 5) is 16.7. The van der Waals surface area contributed by atoms with E-state index < -0.39 is 10.0 Å². The van der Waals surface area contributed by atoms with E-state index in [2.05, 4.69) is 27.8 Å². The standard InChI is InChI=1S/C27H29N2O3S4/c30-22-24(28(20-25-12-6-16-33-25)21-26-13-7-17-34-26)11-4-5-15-29(19-23-9-2-1-3-10-23)36(31,32)27-14-8-18-35-27/h1-3,6-10,12-14,16-18,22H,4-5,11,15,19-21H2. The minimum Gasteiger partial charge on any atom is -0.301 e. The Morgan fingerprint density at radius 1 is 0.750 bits per heavy atom. The van der Waals surface area contributed by atoms with Gasteiger partial charge in [0.2, 0.25) is 0 Å². The van der Waals surface area contributed by atoms with Gasteiger partial charge in [-0.15, -0.1) is 34.0 Å². The van der Waals surface area contributed by atoms with Gasteiger partial charge in [0.1, 0.15) is 16.5 Å². The quantitative estimate of drug-likeness (QED) is 0.121. The second kappa shape index (κ2) is 13.4. The lowest BCUT2D eigenvalue weighted by Crippen LogP contribution is -2.32. The van der Waals surface area contributed by atoms with Gasteiger partial charge in [0.25, 0.3) is 10.0 Å². The Balaban J connectivity index is 1.40. The Labute approximate surface area is 225 Å². The van der Waals surface area contributed by atoms with Gasteiger partial charge >= 0.3 is 0 Å². The number of hydrogen-bond acceptors (Lipinski definition) is 7. The molecule has 189 valence electrons. The van der Waals surface area contributed by atoms with E-state index >= 15 is 0 Å². The third-order valence-electron chi connectivity index (χ3n) is 5.78. The van der Waals surface area contributed by atoms with Crippen molar-refractivity contribution in [2.45, 2.75) is 43.1 Å². The molecule has 0 saturated carbocycles. The van der Waals surface area contributed by atoms with Crippen molar-refractivity contribution in [2.24, 2.45) is 0 Å². The second-order valence-corrected chi connectivity index (χ2v) is 13.5. The third kappa shape index (κ3) is 7.44. The van der Waals surface area contributed by atoms with Crippen molar-refractivity contribution in [3.05, 3.63) is 104 Å². The molecule has 3 heterocycles. The van der Waals surface area contributed by atoms with E-state index in [0.29, 0.717) is 43.2 Å². The molecule has 0 bridgehead atoms. The van der Waals surface area contributed by atoms with Gasteiger partial charge in [-0.05, 0) is 59.2 Å². The van der Waals surface area contributed by atoms with Crippen LogP contribution in [0.5, 0.6) is 0 Å². The summed E-state index contributed by atoms with van der Waals surface area (Å²) in [5, 5.41) is 5.89. The number of sulfonamides is 1. The van der Waals surface area contributed by atoms with Crippen LogP contribution >= 0.6 is 34.0 Å². The zero-order valence-corrected chi connectivity index (χ0v) is 23.1. The van der Waals surface area contributed by atoms with Crippen LogP contribution in [0.25, 0.3) is 0 Å². The molecule has 0 spiro atoms. The summed E-state index contributed by atoms with van der Waals surface area (Å²) in [7, 11) is -3.58. The molecule has 0 fully saturated rings. The van der Waals surface area contributed by atoms with Crippen LogP contribution in [0, 0.1) is 6.04 Å². The first kappa shape index (κ1) is 26.9. The van der Waals surface area contributed by atoms with Gasteiger partial charge in [0.15, 0.2) is 0 Å². The van der Waals surface area contributed by atoms with Gasteiger partial charge in [0.05, 0.1) is 0 Å². The van der Waals surface area contributed by atoms with Gasteiger partial charge in [-0.3, -0.25) is 4.90 Å². The molecule has 1 aromatic carbocycles. The maximum absolute atomic E-state index is 13.3. The van der Waals surface area contributed by atoms with E-state index in [-0.39, 0.29) is 0 Å². The Morgan fingerprint density at radius 3 is 1.94 bits per heavy atom. The van der Waals surface area contributed by atoms with Crippen LogP contribution in [0.4, 0.5) is 0 Å². The zero-order valence-electron chi connectivity index (χ0n) is 19.9. The first-order chi connectivity index (χ1) is 17.6. The molecular weight excluding hydrogens is 529 g/mol. The van der Waals surface area contributed by atoms with Crippen LogP contribution in [0.3, 0.4) is 0 Å². The molecule has 0 atom stereocenters. The Hall–Kier alpha value is -2.14. The highest BCUT2D eigenvalue weighted by Crippen LogP contribution is 2.26. The lowest BCUT2D eigenvalue weighted by atomic mass is 10.1. The molecule has 5 nitrogen and oxygen atoms in total. The molecule has 4 rings (SSSR count). The maximum Gasteiger partial charge on any atom is 0.252 e. The largest absolute Gasteiger partial charge is 0.301 e. The van der Waals surface area contributed by atoms with Crippen molar-refractivity contribution in [2.75, 3.05) is 6.54 Å². The number of thiophene rings is 3. The van der Waals surface area contributed by atoms with E-state index in [9.17, 15) is 13.2 Å². The minimum atomic E-state index is -3.58. The molecule has 0 amide bonds. The van der Waals surface area contributed by atoms with E-state index in [1.54, 1.807) is 44.5 Å². The molecule has 4 aromatic rings. The molecule has 0 aliphatic heterocycles. The van der Waals surface area contributed by atoms with Crippen LogP contribution in [0.2, 0.25) is 0 Å². The number of unbranched alkanes of at least 4 members (excludes halogenated alkanes) is 1. The Kier molecular flexibility index (Phi) is 10.0. The SMILES string of the molecule is O=C[C](CCCCN(Cc1ccccc1)S(=O)(=O)c1cccs1)N(Cc1cccs1)Cc1cccs1. The predicted molar refractivity (Wildman–Crippen MR) is 149 cm³/mol. The van der Waals surface area contributed by atoms with E-state index in [1.807, 2.05) is 42.5 Å². The molecule has 36 heavy (non-hydrogen) atoms. The summed E-state index contributed by atoms with van der Waals surface area (Å²) >= 11 is 4.61. The smallest absolute Gasteiger partial charge is 0.252 e. The number of hydrogen-bond donors (Lipinski definition) is 0. The van der Waals surface area contributed by atoms with Crippen LogP contribution in [0.1, 0.15) is 34.6 Å². The van der Waals surface area contributed by atoms with Gasteiger partial charge in [-0.1, -0.05) is 48.5 Å². The van der Waals surface area contributed by atoms with E-state index in [1.165, 1.54) is 21.1 Å². The van der Waals surface area contributed by atoms with E-state index in [0.717, 1.165) is 24.3 Å². The number of nitrogens with zero attached hydrogens (tertiary/aromatic N) is 2. The molecule has 0 saturated heterocycles. The fraction of sp³-hybridized carbons (Fsp3) is 0.259. The second-order valence-electron chi connectivity index (χ2n) is 8.34. The summed E-state index contributed by atoms with van der Waals surface area (Å²) in [6.07, 6.45) is 2.97. The van der Waals surface area contributed by atoms with Gasteiger partial charge < -0.3 is 4.79 Å². The topological polar surface area (TPSA) is 57.7 Å². The molecule has 3 aromatic heterocycles. The lowest BCUT2D eigenvalue weighted by molar-refractivity contribution is -0.109. The van der Waals surface area contributed by atoms with Crippen molar-refractivity contribution in [3.63, 3.8) is 0 Å². The van der Waals surface area contributed by atoms with Gasteiger partial charge in [-0.2, -0.15) is 4.31 Å². The zero-order chi connectivity index (χ0) is 25.2. The maximum atomic E-state index is 13.3. The summed E-state index contributed by atoms with van der Waals surface area (Å²) in [5.74, 6) is 0. The molecular formula is C27H29N2O3S4. The molecule has 9 heteroatoms. The molecule has 0 aliphatic carbocycles. The van der Waals surface area contributed by atoms with Crippen molar-refractivity contribution in [3.8, 4) is 0 Å². The van der Waals surface area contributed by atoms with Crippen LogP contribution in [0.15, 0.2) is 87.1 Å². The fourth-order valence-electron chi connectivity index (χ4n) is 3.93. The number of rotatable bonds is 15. The highest BCUT2D eigenvalue weighted by Gasteiger charge is 2.26. The van der Waals surface area contributed by atoms with Crippen molar-refractivity contribution in [1.82, 2.24) is 9.21 Å². The van der Waals surface area contributed by atoms with Gasteiger partial charge in [0, 0.05) is 35.9 Å². The average Bonchev–Trinajstić information content (AvgIpc) is 3.68. The summed E-state index contributed by atoms with van der Waals surface area (Å²) in [5.41, 5.74) is 0.954. The molecule has 0 aliphatic rings. The van der Waals surface area contributed by atoms with Crippen molar-refractivity contribution in [1.29, 1.82) is 0 Å². The first-order valence-electron chi connectivity index (χ1n) is 11.7. The Morgan fingerprint density at radius 2 is 1.39 bits per heavy atom. The summed E-state index contributed by atoms with van der Waals surface area (Å²) in [6.45, 7) is 2.11. The van der Waals surface area contributed by atoms with Gasteiger partial charge in [-0.25, -0.2) is 8.42 Å². The third-order valence-corrected chi connectivity index (χ3v) is 10.7. The van der Waals surface area contributed by atoms with Crippen LogP contribution < -0.4 is 0 Å². The summed E-state index contributed by atoms with van der Waals surface area (Å²) in [6, 6.07) is 22.1. The number of carbonyl (C=O) groups is 1. The monoisotopic (exact) mass is 557 g/mol. The normalized spacial score (nSPS) is 12.1. The van der Waals surface area contributed by atoms with Crippen molar-refractivity contribution >= 4 is 50.3 Å².